The fourth-order valence-corrected chi connectivity index (χ4v) is 12.3. The number of methoxy groups -OCH3 is 1. The van der Waals surface area contributed by atoms with E-state index in [1.165, 1.54) is 5.57 Å². The van der Waals surface area contributed by atoms with Crippen molar-refractivity contribution in [2.45, 2.75) is 94.6 Å². The largest absolute Gasteiger partial charge is 0.490 e. The first-order chi connectivity index (χ1) is 25.7. The number of halogens is 2. The van der Waals surface area contributed by atoms with E-state index in [4.69, 9.17) is 21.1 Å². The number of rotatable bonds is 3. The van der Waals surface area contributed by atoms with Gasteiger partial charge in [0.2, 0.25) is 10.0 Å². The molecule has 2 fully saturated rings. The van der Waals surface area contributed by atoms with Crippen LogP contribution in [0.3, 0.4) is 0 Å². The lowest BCUT2D eigenvalue weighted by atomic mass is 9.58. The van der Waals surface area contributed by atoms with E-state index in [1.807, 2.05) is 20.1 Å². The molecule has 294 valence electrons. The lowest BCUT2D eigenvalue weighted by molar-refractivity contribution is -0.113. The summed E-state index contributed by atoms with van der Waals surface area (Å²) in [6.45, 7) is 12.6. The van der Waals surface area contributed by atoms with Crippen LogP contribution in [0.25, 0.3) is 0 Å². The zero-order chi connectivity index (χ0) is 38.3. The Hall–Kier alpha value is -2.70. The summed E-state index contributed by atoms with van der Waals surface area (Å²) in [5, 5.41) is -0.654. The molecule has 2 aromatic carbocycles. The summed E-state index contributed by atoms with van der Waals surface area (Å²) in [4.78, 5) is 21.1. The van der Waals surface area contributed by atoms with E-state index in [0.29, 0.717) is 49.5 Å². The van der Waals surface area contributed by atoms with Crippen LogP contribution in [-0.4, -0.2) is 101 Å². The maximum absolute atomic E-state index is 15.6. The molecule has 1 amide bonds. The standard InChI is InChI=1S/C42H56ClFN4O5S/c1-25-19-47(20-26(2)46(25)5)23-42(52-6)32-16-31(17-32)27(3)28(4)54(50,51)45-40(49)29-10-14-38-37(18-29)48(21-30-9-11-34(30)42)22-41(24-53-38)15-7-8-33-35(41)12-13-36(43)39(33)44/h10,12-14,16,18,25-28,30-31,34H,7-9,11,15,17,19-24H2,1-6H3,(H,45,49)/t25-,26+,27-,28-,30+,31+,34-,41+,42+/m1/s1. The average molecular weight is 783 g/mol. The third-order valence-corrected chi connectivity index (χ3v) is 16.9. The summed E-state index contributed by atoms with van der Waals surface area (Å²) in [6, 6.07) is 9.68. The second-order valence-corrected chi connectivity index (χ2v) is 20.0. The molecule has 7 aliphatic rings. The number of nitrogens with zero attached hydrogens (tertiary/aromatic N) is 3. The number of hydrogen-bond acceptors (Lipinski definition) is 8. The zero-order valence-corrected chi connectivity index (χ0v) is 34.1. The van der Waals surface area contributed by atoms with Gasteiger partial charge < -0.3 is 14.4 Å². The number of sulfonamides is 1. The molecule has 2 aromatic rings. The van der Waals surface area contributed by atoms with Gasteiger partial charge in [-0.05, 0) is 131 Å². The van der Waals surface area contributed by atoms with Gasteiger partial charge in [-0.3, -0.25) is 14.6 Å². The van der Waals surface area contributed by atoms with Crippen LogP contribution in [0.4, 0.5) is 10.1 Å². The Labute approximate surface area is 325 Å². The Morgan fingerprint density at radius 3 is 2.50 bits per heavy atom. The summed E-state index contributed by atoms with van der Waals surface area (Å²) in [5.74, 6) is -0.000951. The van der Waals surface area contributed by atoms with E-state index >= 15 is 4.39 Å². The van der Waals surface area contributed by atoms with Crippen molar-refractivity contribution in [2.24, 2.45) is 23.7 Å². The summed E-state index contributed by atoms with van der Waals surface area (Å²) >= 11 is 6.31. The average Bonchev–Trinajstić information content (AvgIpc) is 3.25. The summed E-state index contributed by atoms with van der Waals surface area (Å²) in [7, 11) is 0.0787. The Balaban J connectivity index is 1.23. The summed E-state index contributed by atoms with van der Waals surface area (Å²) < 4.78 is 59.1. The summed E-state index contributed by atoms with van der Waals surface area (Å²) in [6.07, 6.45) is 7.35. The van der Waals surface area contributed by atoms with Crippen LogP contribution in [0.15, 0.2) is 42.0 Å². The maximum atomic E-state index is 15.6. The van der Waals surface area contributed by atoms with Crippen LogP contribution in [0.5, 0.6) is 5.75 Å². The molecule has 12 heteroatoms. The predicted octanol–water partition coefficient (Wildman–Crippen LogP) is 6.43. The number of piperazine rings is 1. The van der Waals surface area contributed by atoms with Gasteiger partial charge in [-0.25, -0.2) is 17.5 Å². The van der Waals surface area contributed by atoms with Gasteiger partial charge in [-0.1, -0.05) is 30.7 Å². The third-order valence-electron chi connectivity index (χ3n) is 14.7. The van der Waals surface area contributed by atoms with Crippen molar-refractivity contribution < 1.29 is 27.1 Å². The van der Waals surface area contributed by atoms with Crippen LogP contribution >= 0.6 is 11.6 Å². The number of anilines is 1. The first-order valence-electron chi connectivity index (χ1n) is 19.9. The topological polar surface area (TPSA) is 91.4 Å². The van der Waals surface area contributed by atoms with E-state index in [0.717, 1.165) is 63.0 Å². The van der Waals surface area contributed by atoms with Crippen LogP contribution in [0, 0.1) is 29.5 Å². The molecule has 1 saturated carbocycles. The monoisotopic (exact) mass is 782 g/mol. The lowest BCUT2D eigenvalue weighted by Gasteiger charge is -2.57. The van der Waals surface area contributed by atoms with E-state index in [9.17, 15) is 13.2 Å². The van der Waals surface area contributed by atoms with Gasteiger partial charge in [-0.15, -0.1) is 0 Å². The highest BCUT2D eigenvalue weighted by molar-refractivity contribution is 7.90. The van der Waals surface area contributed by atoms with Crippen molar-refractivity contribution in [3.05, 3.63) is 69.5 Å². The molecule has 4 aliphatic heterocycles. The molecule has 54 heavy (non-hydrogen) atoms. The molecule has 9 rings (SSSR count). The quantitative estimate of drug-likeness (QED) is 0.357. The number of hydrogen-bond donors (Lipinski definition) is 1. The fourth-order valence-electron chi connectivity index (χ4n) is 10.8. The van der Waals surface area contributed by atoms with E-state index in [2.05, 4.69) is 46.4 Å². The van der Waals surface area contributed by atoms with Gasteiger partial charge in [0.15, 0.2) is 0 Å². The smallest absolute Gasteiger partial charge is 0.264 e. The number of nitrogens with one attached hydrogen (secondary N) is 1. The van der Waals surface area contributed by atoms with Crippen molar-refractivity contribution in [1.29, 1.82) is 0 Å². The number of ether oxygens (including phenoxy) is 2. The van der Waals surface area contributed by atoms with Crippen LogP contribution < -0.4 is 14.4 Å². The zero-order valence-electron chi connectivity index (χ0n) is 32.5. The second kappa shape index (κ2) is 14.0. The van der Waals surface area contributed by atoms with Crippen molar-refractivity contribution in [1.82, 2.24) is 14.5 Å². The Bertz CT molecular complexity index is 1950. The molecule has 4 heterocycles. The first-order valence-corrected chi connectivity index (χ1v) is 21.8. The molecule has 0 radical (unpaired) electrons. The predicted molar refractivity (Wildman–Crippen MR) is 210 cm³/mol. The van der Waals surface area contributed by atoms with Crippen LogP contribution in [0.2, 0.25) is 5.02 Å². The highest BCUT2D eigenvalue weighted by atomic mass is 35.5. The van der Waals surface area contributed by atoms with Gasteiger partial charge >= 0.3 is 0 Å². The molecular weight excluding hydrogens is 727 g/mol. The van der Waals surface area contributed by atoms with Gasteiger partial charge in [-0.2, -0.15) is 0 Å². The van der Waals surface area contributed by atoms with Crippen LogP contribution in [0.1, 0.15) is 81.3 Å². The molecule has 1 saturated heterocycles. The van der Waals surface area contributed by atoms with Crippen molar-refractivity contribution in [2.75, 3.05) is 58.4 Å². The van der Waals surface area contributed by atoms with Gasteiger partial charge in [0.25, 0.3) is 5.91 Å². The maximum Gasteiger partial charge on any atom is 0.264 e. The van der Waals surface area contributed by atoms with Crippen molar-refractivity contribution in [3.8, 4) is 5.75 Å². The summed E-state index contributed by atoms with van der Waals surface area (Å²) in [5.41, 5.74) is 2.84. The van der Waals surface area contributed by atoms with Crippen molar-refractivity contribution >= 4 is 33.2 Å². The lowest BCUT2D eigenvalue weighted by Crippen LogP contribution is -2.63. The number of benzene rings is 2. The second-order valence-electron chi connectivity index (χ2n) is 17.6. The minimum atomic E-state index is -4.00. The van der Waals surface area contributed by atoms with E-state index in [-0.39, 0.29) is 40.1 Å². The molecular formula is C42H56ClFN4O5S. The highest BCUT2D eigenvalue weighted by Crippen LogP contribution is 2.54. The molecule has 1 spiro atoms. The molecule has 4 bridgehead atoms. The molecule has 0 aromatic heterocycles. The molecule has 0 unspecified atom stereocenters. The number of fused-ring (bicyclic) bond motifs is 6. The van der Waals surface area contributed by atoms with E-state index in [1.54, 1.807) is 31.2 Å². The van der Waals surface area contributed by atoms with E-state index < -0.39 is 32.2 Å². The third kappa shape index (κ3) is 6.28. The van der Waals surface area contributed by atoms with Gasteiger partial charge in [0, 0.05) is 62.9 Å². The Kier molecular flexibility index (Phi) is 9.93. The molecule has 9 nitrogen and oxygen atoms in total. The number of carbonyl (C=O) groups is 1. The highest BCUT2D eigenvalue weighted by Gasteiger charge is 2.55. The number of allylic oxidation sites excluding steroid dienone is 1. The molecule has 3 aliphatic carbocycles. The normalized spacial score (nSPS) is 36.7. The first kappa shape index (κ1) is 38.2. The SMILES string of the molecule is CO[C@@]1(CN2C[C@@H](C)N(C)[C@@H](C)C2)C2=C[C@@H](C2)[C@H](C)[C@@H](C)S(=O)(=O)NC(=O)c2ccc3c(c2)N(C[C@@H]2CC[C@H]21)C[C@@]1(CCCc2c1ccc(Cl)c2F)CO3. The van der Waals surface area contributed by atoms with Crippen molar-refractivity contribution in [3.63, 3.8) is 0 Å². The Morgan fingerprint density at radius 2 is 1.81 bits per heavy atom. The molecule has 9 atom stereocenters. The number of likely N-dealkylation sites (N-methyl/N-ethyl adjacent to an activating group) is 1. The Morgan fingerprint density at radius 1 is 1.07 bits per heavy atom. The van der Waals surface area contributed by atoms with Gasteiger partial charge in [0.1, 0.15) is 17.2 Å². The number of carbonyl (C=O) groups excluding carboxylic acids is 1. The molecule has 1 N–H and O–H groups in total. The minimum absolute atomic E-state index is 0.0572. The van der Waals surface area contributed by atoms with Gasteiger partial charge in [0.05, 0.1) is 22.6 Å². The van der Waals surface area contributed by atoms with Crippen LogP contribution in [-0.2, 0) is 26.6 Å². The number of amides is 1. The minimum Gasteiger partial charge on any atom is -0.490 e. The fraction of sp³-hybridized carbons (Fsp3) is 0.643.